The van der Waals surface area contributed by atoms with Crippen molar-refractivity contribution < 1.29 is 14.3 Å². The van der Waals surface area contributed by atoms with Gasteiger partial charge >= 0.3 is 0 Å². The summed E-state index contributed by atoms with van der Waals surface area (Å²) in [6.45, 7) is 6.31. The molecule has 164 valence electrons. The molecule has 0 unspecified atom stereocenters. The Kier molecular flexibility index (Phi) is 5.67. The number of benzene rings is 1. The van der Waals surface area contributed by atoms with Gasteiger partial charge in [-0.25, -0.2) is 15.0 Å². The SMILES string of the molecule is COCCNC(=O)c1cncc(N2C(=O)C(C)(C)c3ccc(-c4cnc(C)nc4)cc32)n1. The molecule has 9 nitrogen and oxygen atoms in total. The number of methoxy groups -OCH3 is 1. The van der Waals surface area contributed by atoms with E-state index in [1.807, 2.05) is 39.0 Å². The number of hydrogen-bond donors (Lipinski definition) is 1. The summed E-state index contributed by atoms with van der Waals surface area (Å²) in [5.74, 6) is 0.450. The zero-order valence-electron chi connectivity index (χ0n) is 18.4. The lowest BCUT2D eigenvalue weighted by atomic mass is 9.85. The molecule has 0 fully saturated rings. The first-order valence-corrected chi connectivity index (χ1v) is 10.2. The van der Waals surface area contributed by atoms with Crippen LogP contribution in [0.2, 0.25) is 0 Å². The molecule has 4 rings (SSSR count). The van der Waals surface area contributed by atoms with E-state index in [-0.39, 0.29) is 17.5 Å². The highest BCUT2D eigenvalue weighted by atomic mass is 16.5. The normalized spacial score (nSPS) is 14.4. The molecular formula is C23H24N6O3. The number of hydrogen-bond acceptors (Lipinski definition) is 7. The van der Waals surface area contributed by atoms with E-state index in [9.17, 15) is 9.59 Å². The van der Waals surface area contributed by atoms with Gasteiger partial charge < -0.3 is 10.1 Å². The van der Waals surface area contributed by atoms with Crippen LogP contribution in [-0.4, -0.2) is 52.0 Å². The maximum atomic E-state index is 13.4. The molecule has 0 saturated heterocycles. The first-order valence-electron chi connectivity index (χ1n) is 10.2. The summed E-state index contributed by atoms with van der Waals surface area (Å²) in [5.41, 5.74) is 2.66. The number of fused-ring (bicyclic) bond motifs is 1. The largest absolute Gasteiger partial charge is 0.383 e. The second-order valence-electron chi connectivity index (χ2n) is 8.03. The molecule has 9 heteroatoms. The van der Waals surface area contributed by atoms with Crippen molar-refractivity contribution in [3.8, 4) is 11.1 Å². The molecule has 1 aliphatic heterocycles. The predicted octanol–water partition coefficient (Wildman–Crippen LogP) is 2.57. The third-order valence-electron chi connectivity index (χ3n) is 5.44. The number of aromatic nitrogens is 4. The fourth-order valence-electron chi connectivity index (χ4n) is 3.63. The number of ether oxygens (including phenoxy) is 1. The Hall–Kier alpha value is -3.72. The minimum atomic E-state index is -0.754. The molecule has 0 saturated carbocycles. The Morgan fingerprint density at radius 1 is 1.12 bits per heavy atom. The maximum Gasteiger partial charge on any atom is 0.271 e. The summed E-state index contributed by atoms with van der Waals surface area (Å²) in [5, 5.41) is 2.72. The highest BCUT2D eigenvalue weighted by Crippen LogP contribution is 2.46. The smallest absolute Gasteiger partial charge is 0.271 e. The highest BCUT2D eigenvalue weighted by molar-refractivity contribution is 6.12. The van der Waals surface area contributed by atoms with Crippen molar-refractivity contribution in [2.24, 2.45) is 0 Å². The molecule has 0 bridgehead atoms. The molecule has 0 atom stereocenters. The van der Waals surface area contributed by atoms with Gasteiger partial charge in [-0.2, -0.15) is 0 Å². The Morgan fingerprint density at radius 3 is 2.59 bits per heavy atom. The van der Waals surface area contributed by atoms with Gasteiger partial charge in [-0.3, -0.25) is 19.5 Å². The number of anilines is 2. The van der Waals surface area contributed by atoms with Gasteiger partial charge in [-0.1, -0.05) is 12.1 Å². The third kappa shape index (κ3) is 3.82. The summed E-state index contributed by atoms with van der Waals surface area (Å²) in [6.07, 6.45) is 6.36. The summed E-state index contributed by atoms with van der Waals surface area (Å²) >= 11 is 0. The molecule has 1 aliphatic rings. The lowest BCUT2D eigenvalue weighted by molar-refractivity contribution is -0.121. The van der Waals surface area contributed by atoms with Crippen molar-refractivity contribution in [1.82, 2.24) is 25.3 Å². The summed E-state index contributed by atoms with van der Waals surface area (Å²) in [6, 6.07) is 5.82. The Labute approximate surface area is 185 Å². The number of nitrogens with zero attached hydrogens (tertiary/aromatic N) is 5. The van der Waals surface area contributed by atoms with E-state index in [2.05, 4.69) is 25.3 Å². The van der Waals surface area contributed by atoms with Crippen LogP contribution in [0, 0.1) is 6.92 Å². The molecule has 2 aromatic heterocycles. The molecule has 0 aliphatic carbocycles. The van der Waals surface area contributed by atoms with E-state index >= 15 is 0 Å². The standard InChI is InChI=1S/C23H24N6O3/c1-14-26-10-16(11-27-14)15-5-6-17-19(9-15)29(22(31)23(17,2)3)20-13-24-12-18(28-20)21(30)25-7-8-32-4/h5-6,9-13H,7-8H2,1-4H3,(H,25,30). The van der Waals surface area contributed by atoms with Gasteiger partial charge in [0, 0.05) is 31.6 Å². The minimum absolute atomic E-state index is 0.126. The molecule has 0 radical (unpaired) electrons. The van der Waals surface area contributed by atoms with Crippen LogP contribution in [0.1, 0.15) is 35.7 Å². The van der Waals surface area contributed by atoms with E-state index in [0.29, 0.717) is 30.5 Å². The van der Waals surface area contributed by atoms with E-state index in [0.717, 1.165) is 16.7 Å². The number of carbonyl (C=O) groups excluding carboxylic acids is 2. The van der Waals surface area contributed by atoms with E-state index in [1.54, 1.807) is 19.5 Å². The Bertz CT molecular complexity index is 1180. The topological polar surface area (TPSA) is 110 Å². The average molecular weight is 432 g/mol. The van der Waals surface area contributed by atoms with Crippen molar-refractivity contribution in [2.45, 2.75) is 26.2 Å². The van der Waals surface area contributed by atoms with Crippen LogP contribution in [0.4, 0.5) is 11.5 Å². The molecule has 3 heterocycles. The fourth-order valence-corrected chi connectivity index (χ4v) is 3.63. The van der Waals surface area contributed by atoms with Gasteiger partial charge in [-0.15, -0.1) is 0 Å². The molecule has 2 amide bonds. The van der Waals surface area contributed by atoms with Crippen LogP contribution in [0.3, 0.4) is 0 Å². The zero-order valence-corrected chi connectivity index (χ0v) is 18.4. The van der Waals surface area contributed by atoms with Crippen LogP contribution in [0.25, 0.3) is 11.1 Å². The molecule has 1 N–H and O–H groups in total. The summed E-state index contributed by atoms with van der Waals surface area (Å²) in [4.78, 5) is 44.4. The van der Waals surface area contributed by atoms with Crippen LogP contribution in [0.15, 0.2) is 43.0 Å². The van der Waals surface area contributed by atoms with Crippen molar-refractivity contribution in [3.05, 3.63) is 60.1 Å². The first kappa shape index (κ1) is 21.5. The Balaban J connectivity index is 1.74. The average Bonchev–Trinajstić information content (AvgIpc) is 2.99. The second kappa shape index (κ2) is 8.43. The highest BCUT2D eigenvalue weighted by Gasteiger charge is 2.45. The maximum absolute atomic E-state index is 13.4. The summed E-state index contributed by atoms with van der Waals surface area (Å²) < 4.78 is 4.95. The first-order chi connectivity index (χ1) is 15.3. The minimum Gasteiger partial charge on any atom is -0.383 e. The van der Waals surface area contributed by atoms with E-state index in [4.69, 9.17) is 4.74 Å². The number of aryl methyl sites for hydroxylation is 1. The monoisotopic (exact) mass is 432 g/mol. The van der Waals surface area contributed by atoms with Crippen molar-refractivity contribution >= 4 is 23.3 Å². The van der Waals surface area contributed by atoms with Gasteiger partial charge in [-0.05, 0) is 38.0 Å². The van der Waals surface area contributed by atoms with Crippen LogP contribution in [0.5, 0.6) is 0 Å². The zero-order chi connectivity index (χ0) is 22.9. The number of rotatable bonds is 6. The van der Waals surface area contributed by atoms with E-state index in [1.165, 1.54) is 17.3 Å². The predicted molar refractivity (Wildman–Crippen MR) is 119 cm³/mol. The third-order valence-corrected chi connectivity index (χ3v) is 5.44. The number of amides is 2. The number of nitrogens with one attached hydrogen (secondary N) is 1. The van der Waals surface area contributed by atoms with Crippen molar-refractivity contribution in [2.75, 3.05) is 25.2 Å². The van der Waals surface area contributed by atoms with Gasteiger partial charge in [0.05, 0.1) is 30.1 Å². The van der Waals surface area contributed by atoms with Gasteiger partial charge in [0.1, 0.15) is 11.5 Å². The number of carbonyl (C=O) groups is 2. The molecule has 32 heavy (non-hydrogen) atoms. The van der Waals surface area contributed by atoms with E-state index < -0.39 is 5.41 Å². The quantitative estimate of drug-likeness (QED) is 0.596. The molecular weight excluding hydrogens is 408 g/mol. The lowest BCUT2D eigenvalue weighted by Crippen LogP contribution is -2.34. The fraction of sp³-hybridized carbons (Fsp3) is 0.304. The van der Waals surface area contributed by atoms with Gasteiger partial charge in [0.2, 0.25) is 5.91 Å². The lowest BCUT2D eigenvalue weighted by Gasteiger charge is -2.19. The molecule has 0 spiro atoms. The molecule has 3 aromatic rings. The van der Waals surface area contributed by atoms with Gasteiger partial charge in [0.25, 0.3) is 5.91 Å². The van der Waals surface area contributed by atoms with Crippen molar-refractivity contribution in [3.63, 3.8) is 0 Å². The Morgan fingerprint density at radius 2 is 1.88 bits per heavy atom. The van der Waals surface area contributed by atoms with Crippen LogP contribution < -0.4 is 10.2 Å². The summed E-state index contributed by atoms with van der Waals surface area (Å²) in [7, 11) is 1.56. The van der Waals surface area contributed by atoms with Crippen molar-refractivity contribution in [1.29, 1.82) is 0 Å². The molecule has 1 aromatic carbocycles. The van der Waals surface area contributed by atoms with Crippen LogP contribution in [-0.2, 0) is 14.9 Å². The van der Waals surface area contributed by atoms with Crippen LogP contribution >= 0.6 is 0 Å². The second-order valence-corrected chi connectivity index (χ2v) is 8.03. The van der Waals surface area contributed by atoms with Gasteiger partial charge in [0.15, 0.2) is 5.82 Å².